The summed E-state index contributed by atoms with van der Waals surface area (Å²) < 4.78 is 34.8. The molecule has 0 bridgehead atoms. The van der Waals surface area contributed by atoms with Gasteiger partial charge in [-0.05, 0) is 48.5 Å². The van der Waals surface area contributed by atoms with Gasteiger partial charge in [-0.2, -0.15) is 0 Å². The van der Waals surface area contributed by atoms with Crippen LogP contribution >= 0.6 is 0 Å². The molecule has 0 radical (unpaired) electrons. The maximum absolute atomic E-state index is 11.3. The summed E-state index contributed by atoms with van der Waals surface area (Å²) in [6.45, 7) is 0. The van der Waals surface area contributed by atoms with Crippen molar-refractivity contribution < 1.29 is 22.7 Å². The van der Waals surface area contributed by atoms with Crippen molar-refractivity contribution in [3.8, 4) is 11.5 Å². The molecule has 0 unspecified atom stereocenters. The Hall–Kier alpha value is -2.54. The van der Waals surface area contributed by atoms with Crippen LogP contribution in [0.4, 0.5) is 5.69 Å². The molecule has 22 heavy (non-hydrogen) atoms. The number of benzene rings is 2. The summed E-state index contributed by atoms with van der Waals surface area (Å²) in [4.78, 5) is 11.3. The fourth-order valence-corrected chi connectivity index (χ4v) is 2.28. The van der Waals surface area contributed by atoms with Gasteiger partial charge in [0.2, 0.25) is 10.0 Å². The molecule has 6 nitrogen and oxygen atoms in total. The molecule has 0 amide bonds. The lowest BCUT2D eigenvalue weighted by molar-refractivity contribution is 0.0600. The maximum Gasteiger partial charge on any atom is 0.337 e. The Morgan fingerprint density at radius 1 is 0.955 bits per heavy atom. The van der Waals surface area contributed by atoms with Crippen LogP contribution in [-0.4, -0.2) is 27.8 Å². The van der Waals surface area contributed by atoms with Gasteiger partial charge in [0.15, 0.2) is 0 Å². The first kappa shape index (κ1) is 15.8. The van der Waals surface area contributed by atoms with Crippen molar-refractivity contribution in [3.05, 3.63) is 54.1 Å². The topological polar surface area (TPSA) is 81.7 Å². The zero-order valence-corrected chi connectivity index (χ0v) is 12.9. The SMILES string of the molecule is COC(=O)c1ccc(Oc2ccc(NS(C)(=O)=O)cc2)cc1. The van der Waals surface area contributed by atoms with Gasteiger partial charge in [-0.15, -0.1) is 0 Å². The number of sulfonamides is 1. The predicted molar refractivity (Wildman–Crippen MR) is 82.8 cm³/mol. The van der Waals surface area contributed by atoms with Crippen molar-refractivity contribution >= 4 is 21.7 Å². The van der Waals surface area contributed by atoms with Crippen LogP contribution in [-0.2, 0) is 14.8 Å². The van der Waals surface area contributed by atoms with E-state index in [1.807, 2.05) is 0 Å². The van der Waals surface area contributed by atoms with Gasteiger partial charge >= 0.3 is 5.97 Å². The highest BCUT2D eigenvalue weighted by Gasteiger charge is 2.06. The van der Waals surface area contributed by atoms with Crippen LogP contribution in [0.1, 0.15) is 10.4 Å². The van der Waals surface area contributed by atoms with Crippen molar-refractivity contribution in [3.63, 3.8) is 0 Å². The van der Waals surface area contributed by atoms with E-state index in [4.69, 9.17) is 4.74 Å². The van der Waals surface area contributed by atoms with E-state index in [0.717, 1.165) is 6.26 Å². The number of hydrogen-bond acceptors (Lipinski definition) is 5. The number of methoxy groups -OCH3 is 1. The second-order valence-electron chi connectivity index (χ2n) is 4.52. The molecule has 2 aromatic carbocycles. The van der Waals surface area contributed by atoms with Crippen LogP contribution < -0.4 is 9.46 Å². The van der Waals surface area contributed by atoms with Crippen LogP contribution in [0.5, 0.6) is 11.5 Å². The van der Waals surface area contributed by atoms with Crippen molar-refractivity contribution in [1.29, 1.82) is 0 Å². The summed E-state index contributed by atoms with van der Waals surface area (Å²) in [6, 6.07) is 13.0. The fraction of sp³-hybridized carbons (Fsp3) is 0.133. The second-order valence-corrected chi connectivity index (χ2v) is 6.27. The van der Waals surface area contributed by atoms with Crippen molar-refractivity contribution in [2.45, 2.75) is 0 Å². The van der Waals surface area contributed by atoms with Gasteiger partial charge in [0.05, 0.1) is 18.9 Å². The molecule has 0 saturated heterocycles. The van der Waals surface area contributed by atoms with E-state index < -0.39 is 16.0 Å². The minimum absolute atomic E-state index is 0.414. The lowest BCUT2D eigenvalue weighted by Crippen LogP contribution is -2.09. The van der Waals surface area contributed by atoms with Gasteiger partial charge in [0.25, 0.3) is 0 Å². The van der Waals surface area contributed by atoms with Crippen LogP contribution in [0.15, 0.2) is 48.5 Å². The molecule has 0 aliphatic rings. The summed E-state index contributed by atoms with van der Waals surface area (Å²) in [5.74, 6) is 0.684. The molecular formula is C15H15NO5S. The van der Waals surface area contributed by atoms with Crippen LogP contribution in [0.3, 0.4) is 0 Å². The van der Waals surface area contributed by atoms with Gasteiger partial charge in [0.1, 0.15) is 11.5 Å². The molecule has 0 heterocycles. The smallest absolute Gasteiger partial charge is 0.337 e. The summed E-state index contributed by atoms with van der Waals surface area (Å²) in [5.41, 5.74) is 0.887. The zero-order valence-electron chi connectivity index (χ0n) is 12.1. The second kappa shape index (κ2) is 6.48. The Labute approximate surface area is 128 Å². The number of anilines is 1. The molecule has 0 saturated carbocycles. The van der Waals surface area contributed by atoms with E-state index in [9.17, 15) is 13.2 Å². The molecule has 116 valence electrons. The van der Waals surface area contributed by atoms with Gasteiger partial charge in [0, 0.05) is 5.69 Å². The normalized spacial score (nSPS) is 10.8. The van der Waals surface area contributed by atoms with Crippen molar-refractivity contribution in [2.75, 3.05) is 18.1 Å². The molecule has 2 rings (SSSR count). The third-order valence-corrected chi connectivity index (χ3v) is 3.28. The number of carbonyl (C=O) groups excluding carboxylic acids is 1. The van der Waals surface area contributed by atoms with E-state index in [0.29, 0.717) is 22.7 Å². The monoisotopic (exact) mass is 321 g/mol. The molecule has 0 aliphatic heterocycles. The molecule has 7 heteroatoms. The summed E-state index contributed by atoms with van der Waals surface area (Å²) in [5, 5.41) is 0. The van der Waals surface area contributed by atoms with E-state index in [-0.39, 0.29) is 0 Å². The summed E-state index contributed by atoms with van der Waals surface area (Å²) >= 11 is 0. The standard InChI is InChI=1S/C15H15NO5S/c1-20-15(17)11-3-7-13(8-4-11)21-14-9-5-12(6-10-14)16-22(2,18)19/h3-10,16H,1-2H3. The van der Waals surface area contributed by atoms with E-state index >= 15 is 0 Å². The van der Waals surface area contributed by atoms with Crippen LogP contribution in [0.25, 0.3) is 0 Å². The lowest BCUT2D eigenvalue weighted by atomic mass is 10.2. The fourth-order valence-electron chi connectivity index (χ4n) is 1.72. The number of esters is 1. The molecule has 0 aliphatic carbocycles. The van der Waals surface area contributed by atoms with Crippen molar-refractivity contribution in [2.24, 2.45) is 0 Å². The van der Waals surface area contributed by atoms with E-state index in [1.165, 1.54) is 7.11 Å². The molecule has 0 aromatic heterocycles. The lowest BCUT2D eigenvalue weighted by Gasteiger charge is -2.08. The highest BCUT2D eigenvalue weighted by molar-refractivity contribution is 7.92. The maximum atomic E-state index is 11.3. The largest absolute Gasteiger partial charge is 0.465 e. The Morgan fingerprint density at radius 2 is 1.45 bits per heavy atom. The Balaban J connectivity index is 2.06. The van der Waals surface area contributed by atoms with Gasteiger partial charge in [-0.3, -0.25) is 4.72 Å². The first-order chi connectivity index (χ1) is 10.4. The van der Waals surface area contributed by atoms with Crippen molar-refractivity contribution in [1.82, 2.24) is 0 Å². The molecule has 0 fully saturated rings. The van der Waals surface area contributed by atoms with Gasteiger partial charge in [-0.25, -0.2) is 13.2 Å². The first-order valence-electron chi connectivity index (χ1n) is 6.31. The Bertz CT molecular complexity index is 752. The third kappa shape index (κ3) is 4.49. The average molecular weight is 321 g/mol. The number of rotatable bonds is 5. The number of nitrogens with one attached hydrogen (secondary N) is 1. The molecule has 1 N–H and O–H groups in total. The minimum Gasteiger partial charge on any atom is -0.465 e. The Kier molecular flexibility index (Phi) is 4.67. The highest BCUT2D eigenvalue weighted by atomic mass is 32.2. The first-order valence-corrected chi connectivity index (χ1v) is 8.20. The van der Waals surface area contributed by atoms with Crippen LogP contribution in [0.2, 0.25) is 0 Å². The van der Waals surface area contributed by atoms with E-state index in [2.05, 4.69) is 9.46 Å². The van der Waals surface area contributed by atoms with Gasteiger partial charge < -0.3 is 9.47 Å². The molecule has 2 aromatic rings. The Morgan fingerprint density at radius 3 is 1.91 bits per heavy atom. The summed E-state index contributed by atoms with van der Waals surface area (Å²) in [6.07, 6.45) is 1.08. The minimum atomic E-state index is -3.30. The predicted octanol–water partition coefficient (Wildman–Crippen LogP) is 2.64. The number of hydrogen-bond donors (Lipinski definition) is 1. The average Bonchev–Trinajstić information content (AvgIpc) is 2.48. The van der Waals surface area contributed by atoms with Crippen LogP contribution in [0, 0.1) is 0 Å². The summed E-state index contributed by atoms with van der Waals surface area (Å²) in [7, 11) is -1.98. The third-order valence-electron chi connectivity index (χ3n) is 2.67. The quantitative estimate of drug-likeness (QED) is 0.856. The number of ether oxygens (including phenoxy) is 2. The molecular weight excluding hydrogens is 306 g/mol. The number of carbonyl (C=O) groups is 1. The zero-order chi connectivity index (χ0) is 16.2. The molecule has 0 atom stereocenters. The van der Waals surface area contributed by atoms with E-state index in [1.54, 1.807) is 48.5 Å². The van der Waals surface area contributed by atoms with Gasteiger partial charge in [-0.1, -0.05) is 0 Å². The molecule has 0 spiro atoms. The highest BCUT2D eigenvalue weighted by Crippen LogP contribution is 2.23.